The Morgan fingerprint density at radius 1 is 1.14 bits per heavy atom. The molecule has 0 aliphatic carbocycles. The number of β-amino-alcohol motifs (C(OH)–C–C–N with tert-alkyl or cyclic N) is 1. The third-order valence-electron chi connectivity index (χ3n) is 4.15. The molecule has 0 atom stereocenters. The van der Waals surface area contributed by atoms with Crippen LogP contribution in [0.1, 0.15) is 27.9 Å². The van der Waals surface area contributed by atoms with Crippen LogP contribution in [0, 0.1) is 13.8 Å². The Morgan fingerprint density at radius 2 is 1.86 bits per heavy atom. The Balaban J connectivity index is 1.93. The molecule has 1 aliphatic rings. The van der Waals surface area contributed by atoms with Gasteiger partial charge in [-0.15, -0.1) is 0 Å². The van der Waals surface area contributed by atoms with Gasteiger partial charge in [0.05, 0.1) is 13.2 Å². The molecule has 1 heterocycles. The van der Waals surface area contributed by atoms with Crippen LogP contribution in [0.5, 0.6) is 0 Å². The van der Waals surface area contributed by atoms with Gasteiger partial charge in [0.15, 0.2) is 5.78 Å². The smallest absolute Gasteiger partial charge is 0.177 e. The van der Waals surface area contributed by atoms with Gasteiger partial charge in [-0.3, -0.25) is 14.6 Å². The van der Waals surface area contributed by atoms with Crippen molar-refractivity contribution >= 4 is 5.78 Å². The summed E-state index contributed by atoms with van der Waals surface area (Å²) in [6, 6.07) is 6.02. The summed E-state index contributed by atoms with van der Waals surface area (Å²) in [4.78, 5) is 17.0. The number of nitrogens with zero attached hydrogens (tertiary/aromatic N) is 2. The van der Waals surface area contributed by atoms with Gasteiger partial charge in [0.1, 0.15) is 0 Å². The second-order valence-corrected chi connectivity index (χ2v) is 5.94. The number of rotatable bonds is 5. The predicted molar refractivity (Wildman–Crippen MR) is 84.8 cm³/mol. The van der Waals surface area contributed by atoms with E-state index in [1.165, 1.54) is 5.56 Å². The number of hydrogen-bond donors (Lipinski definition) is 1. The van der Waals surface area contributed by atoms with Gasteiger partial charge in [0, 0.05) is 25.2 Å². The van der Waals surface area contributed by atoms with E-state index in [4.69, 9.17) is 5.11 Å². The van der Waals surface area contributed by atoms with Gasteiger partial charge in [0.2, 0.25) is 0 Å². The molecule has 0 amide bonds. The van der Waals surface area contributed by atoms with Gasteiger partial charge in [-0.25, -0.2) is 0 Å². The van der Waals surface area contributed by atoms with E-state index >= 15 is 0 Å². The SMILES string of the molecule is Cc1ccc(C(=O)CN2CCCN(CCO)CC2)c(C)c1. The molecule has 1 fully saturated rings. The summed E-state index contributed by atoms with van der Waals surface area (Å²) in [5, 5.41) is 9.01. The molecule has 0 aromatic heterocycles. The fraction of sp³-hybridized carbons (Fsp3) is 0.588. The molecule has 116 valence electrons. The number of aryl methyl sites for hydroxylation is 2. The van der Waals surface area contributed by atoms with Gasteiger partial charge in [0.25, 0.3) is 0 Å². The lowest BCUT2D eigenvalue weighted by Gasteiger charge is -2.21. The van der Waals surface area contributed by atoms with Gasteiger partial charge < -0.3 is 5.11 Å². The molecule has 4 heteroatoms. The number of Topliss-reactive ketones (excluding diaryl/α,β-unsaturated/α-hetero) is 1. The quantitative estimate of drug-likeness (QED) is 0.834. The van der Waals surface area contributed by atoms with Crippen molar-refractivity contribution in [3.05, 3.63) is 34.9 Å². The summed E-state index contributed by atoms with van der Waals surface area (Å²) in [5.74, 6) is 0.211. The lowest BCUT2D eigenvalue weighted by atomic mass is 10.0. The molecule has 1 N–H and O–H groups in total. The number of ketones is 1. The van der Waals surface area contributed by atoms with Crippen LogP contribution in [0.2, 0.25) is 0 Å². The van der Waals surface area contributed by atoms with Crippen molar-refractivity contribution < 1.29 is 9.90 Å². The van der Waals surface area contributed by atoms with E-state index in [1.54, 1.807) is 0 Å². The third-order valence-corrected chi connectivity index (χ3v) is 4.15. The molecule has 21 heavy (non-hydrogen) atoms. The Kier molecular flexibility index (Phi) is 5.91. The minimum Gasteiger partial charge on any atom is -0.395 e. The number of benzene rings is 1. The van der Waals surface area contributed by atoms with E-state index in [1.807, 2.05) is 26.0 Å². The summed E-state index contributed by atoms with van der Waals surface area (Å²) in [5.41, 5.74) is 3.10. The van der Waals surface area contributed by atoms with Crippen LogP contribution in [-0.4, -0.2) is 66.6 Å². The zero-order valence-electron chi connectivity index (χ0n) is 13.1. The van der Waals surface area contributed by atoms with Crippen molar-refractivity contribution in [1.82, 2.24) is 9.80 Å². The number of hydrogen-bond acceptors (Lipinski definition) is 4. The highest BCUT2D eigenvalue weighted by Crippen LogP contribution is 2.12. The summed E-state index contributed by atoms with van der Waals surface area (Å²) < 4.78 is 0. The van der Waals surface area contributed by atoms with E-state index in [0.717, 1.165) is 50.3 Å². The Bertz CT molecular complexity index is 488. The third kappa shape index (κ3) is 4.63. The summed E-state index contributed by atoms with van der Waals surface area (Å²) in [6.45, 7) is 9.29. The number of aliphatic hydroxyl groups excluding tert-OH is 1. The molecule has 0 radical (unpaired) electrons. The Morgan fingerprint density at radius 3 is 2.57 bits per heavy atom. The van der Waals surface area contributed by atoms with Crippen molar-refractivity contribution in [2.75, 3.05) is 45.9 Å². The average molecular weight is 290 g/mol. The minimum absolute atomic E-state index is 0.210. The fourth-order valence-electron chi connectivity index (χ4n) is 2.96. The highest BCUT2D eigenvalue weighted by atomic mass is 16.3. The maximum absolute atomic E-state index is 12.5. The van der Waals surface area contributed by atoms with Gasteiger partial charge in [-0.2, -0.15) is 0 Å². The normalized spacial score (nSPS) is 17.7. The standard InChI is InChI=1S/C17H26N2O2/c1-14-4-5-16(15(2)12-14)17(21)13-19-7-3-6-18(8-9-19)10-11-20/h4-5,12,20H,3,6-11,13H2,1-2H3. The molecule has 1 aromatic rings. The molecule has 1 saturated heterocycles. The maximum atomic E-state index is 12.5. The summed E-state index contributed by atoms with van der Waals surface area (Å²) in [7, 11) is 0. The van der Waals surface area contributed by atoms with Crippen LogP contribution >= 0.6 is 0 Å². The Labute approximate surface area is 127 Å². The van der Waals surface area contributed by atoms with Crippen LogP contribution in [0.25, 0.3) is 0 Å². The van der Waals surface area contributed by atoms with Crippen molar-refractivity contribution in [2.45, 2.75) is 20.3 Å². The van der Waals surface area contributed by atoms with Crippen LogP contribution in [0.3, 0.4) is 0 Å². The first-order valence-corrected chi connectivity index (χ1v) is 7.76. The van der Waals surface area contributed by atoms with Crippen molar-refractivity contribution in [2.24, 2.45) is 0 Å². The molecular formula is C17H26N2O2. The molecular weight excluding hydrogens is 264 g/mol. The second-order valence-electron chi connectivity index (χ2n) is 5.94. The average Bonchev–Trinajstić information content (AvgIpc) is 2.65. The van der Waals surface area contributed by atoms with E-state index in [2.05, 4.69) is 15.9 Å². The van der Waals surface area contributed by atoms with Crippen LogP contribution in [-0.2, 0) is 0 Å². The Hall–Kier alpha value is -1.23. The van der Waals surface area contributed by atoms with Gasteiger partial charge in [-0.1, -0.05) is 23.8 Å². The van der Waals surface area contributed by atoms with Gasteiger partial charge in [-0.05, 0) is 38.9 Å². The van der Waals surface area contributed by atoms with E-state index < -0.39 is 0 Å². The molecule has 0 unspecified atom stereocenters. The first-order chi connectivity index (χ1) is 10.1. The topological polar surface area (TPSA) is 43.8 Å². The first kappa shape index (κ1) is 16.1. The molecule has 0 bridgehead atoms. The highest BCUT2D eigenvalue weighted by Gasteiger charge is 2.18. The van der Waals surface area contributed by atoms with Crippen molar-refractivity contribution in [3.63, 3.8) is 0 Å². The largest absolute Gasteiger partial charge is 0.395 e. The minimum atomic E-state index is 0.210. The molecule has 4 nitrogen and oxygen atoms in total. The molecule has 1 aromatic carbocycles. The van der Waals surface area contributed by atoms with Crippen LogP contribution in [0.15, 0.2) is 18.2 Å². The lowest BCUT2D eigenvalue weighted by Crippen LogP contribution is -2.35. The van der Waals surface area contributed by atoms with Crippen molar-refractivity contribution in [3.8, 4) is 0 Å². The molecule has 2 rings (SSSR count). The zero-order chi connectivity index (χ0) is 15.2. The first-order valence-electron chi connectivity index (χ1n) is 7.76. The highest BCUT2D eigenvalue weighted by molar-refractivity contribution is 5.98. The van der Waals surface area contributed by atoms with E-state index in [9.17, 15) is 4.79 Å². The lowest BCUT2D eigenvalue weighted by molar-refractivity contribution is 0.0931. The molecule has 1 aliphatic heterocycles. The molecule has 0 spiro atoms. The van der Waals surface area contributed by atoms with Crippen LogP contribution in [0.4, 0.5) is 0 Å². The predicted octanol–water partition coefficient (Wildman–Crippen LogP) is 1.49. The van der Waals surface area contributed by atoms with Crippen LogP contribution < -0.4 is 0 Å². The van der Waals surface area contributed by atoms with Gasteiger partial charge >= 0.3 is 0 Å². The van der Waals surface area contributed by atoms with Crippen molar-refractivity contribution in [1.29, 1.82) is 0 Å². The number of aliphatic hydroxyl groups is 1. The number of carbonyl (C=O) groups is 1. The molecule has 0 saturated carbocycles. The van der Waals surface area contributed by atoms with E-state index in [-0.39, 0.29) is 12.4 Å². The monoisotopic (exact) mass is 290 g/mol. The fourth-order valence-corrected chi connectivity index (χ4v) is 2.96. The zero-order valence-corrected chi connectivity index (χ0v) is 13.1. The summed E-state index contributed by atoms with van der Waals surface area (Å²) >= 11 is 0. The maximum Gasteiger partial charge on any atom is 0.177 e. The van der Waals surface area contributed by atoms with E-state index in [0.29, 0.717) is 6.54 Å². The second kappa shape index (κ2) is 7.69. The number of carbonyl (C=O) groups excluding carboxylic acids is 1. The summed E-state index contributed by atoms with van der Waals surface area (Å²) in [6.07, 6.45) is 1.06.